The number of ether oxygens (including phenoxy) is 2. The molecule has 8 heteroatoms. The number of fused-ring (bicyclic) bond motifs is 1. The van der Waals surface area contributed by atoms with Crippen LogP contribution in [0.25, 0.3) is 22.2 Å². The van der Waals surface area contributed by atoms with Crippen molar-refractivity contribution in [2.24, 2.45) is 5.92 Å². The zero-order valence-electron chi connectivity index (χ0n) is 21.1. The summed E-state index contributed by atoms with van der Waals surface area (Å²) >= 11 is 0. The van der Waals surface area contributed by atoms with Gasteiger partial charge in [-0.15, -0.1) is 0 Å². The fourth-order valence-corrected chi connectivity index (χ4v) is 4.97. The number of nitrogens with zero attached hydrogens (tertiary/aromatic N) is 3. The highest BCUT2D eigenvalue weighted by atomic mass is 16.6. The molecule has 2 aliphatic carbocycles. The maximum absolute atomic E-state index is 12.3. The molecule has 1 amide bonds. The summed E-state index contributed by atoms with van der Waals surface area (Å²) < 4.78 is 13.8. The van der Waals surface area contributed by atoms with E-state index in [0.717, 1.165) is 53.5 Å². The summed E-state index contributed by atoms with van der Waals surface area (Å²) in [6.45, 7) is 3.85. The molecule has 2 aromatic carbocycles. The fourth-order valence-electron chi connectivity index (χ4n) is 4.97. The van der Waals surface area contributed by atoms with Crippen LogP contribution >= 0.6 is 0 Å². The number of hydrogen-bond donors (Lipinski definition) is 2. The first-order valence-electron chi connectivity index (χ1n) is 13.0. The molecule has 4 aromatic rings. The van der Waals surface area contributed by atoms with Crippen molar-refractivity contribution in [3.05, 3.63) is 60.4 Å². The Kier molecular flexibility index (Phi) is 5.94. The zero-order chi connectivity index (χ0) is 25.5. The molecule has 0 bridgehead atoms. The monoisotopic (exact) mass is 497 g/mol. The molecule has 2 aliphatic rings. The predicted molar refractivity (Wildman–Crippen MR) is 144 cm³/mol. The van der Waals surface area contributed by atoms with Gasteiger partial charge in [-0.05, 0) is 88.3 Å². The fraction of sp³-hybridized carbons (Fsp3) is 0.345. The molecule has 2 saturated carbocycles. The molecule has 37 heavy (non-hydrogen) atoms. The van der Waals surface area contributed by atoms with Crippen LogP contribution in [0.4, 0.5) is 16.2 Å². The van der Waals surface area contributed by atoms with Gasteiger partial charge in [0.05, 0.1) is 16.9 Å². The first kappa shape index (κ1) is 23.3. The minimum Gasteiger partial charge on any atom is -0.446 e. The topological polar surface area (TPSA) is 104 Å². The van der Waals surface area contributed by atoms with Crippen molar-refractivity contribution in [3.63, 3.8) is 0 Å². The second kappa shape index (κ2) is 9.42. The molecule has 2 fully saturated rings. The standard InChI is InChI=1S/C29H31N5O3/c1-17-14-15-31-28(32-17)37-23-12-13-25-24(16-23)26(30)27(34(25)22-4-3-5-22)20-8-10-21(11-9-20)33-29(35)36-18(2)19-6-7-19/h8-16,18-19,22H,3-7,30H2,1-2H3,(H,33,35)/t18-/m1/s1. The predicted octanol–water partition coefficient (Wildman–Crippen LogP) is 6.85. The third kappa shape index (κ3) is 4.71. The van der Waals surface area contributed by atoms with Crippen molar-refractivity contribution < 1.29 is 14.3 Å². The number of carbonyl (C=O) groups is 1. The van der Waals surface area contributed by atoms with Crippen LogP contribution in [0.2, 0.25) is 0 Å². The number of carbonyl (C=O) groups excluding carboxylic acids is 1. The third-order valence-electron chi connectivity index (χ3n) is 7.42. The highest BCUT2D eigenvalue weighted by molar-refractivity contribution is 6.02. The number of aromatic nitrogens is 3. The van der Waals surface area contributed by atoms with E-state index in [1.54, 1.807) is 6.20 Å². The van der Waals surface area contributed by atoms with E-state index in [0.29, 0.717) is 35.1 Å². The van der Waals surface area contributed by atoms with Crippen LogP contribution in [0.15, 0.2) is 54.7 Å². The molecule has 0 unspecified atom stereocenters. The highest BCUT2D eigenvalue weighted by Gasteiger charge is 2.31. The molecule has 8 nitrogen and oxygen atoms in total. The zero-order valence-corrected chi connectivity index (χ0v) is 21.1. The first-order chi connectivity index (χ1) is 18.0. The van der Waals surface area contributed by atoms with Gasteiger partial charge in [-0.1, -0.05) is 12.1 Å². The molecule has 6 rings (SSSR count). The first-order valence-corrected chi connectivity index (χ1v) is 13.0. The van der Waals surface area contributed by atoms with Crippen LogP contribution in [-0.2, 0) is 4.74 Å². The Labute approximate surface area is 215 Å². The lowest BCUT2D eigenvalue weighted by Gasteiger charge is -2.30. The molecule has 2 heterocycles. The molecular formula is C29H31N5O3. The van der Waals surface area contributed by atoms with Gasteiger partial charge in [0, 0.05) is 34.6 Å². The van der Waals surface area contributed by atoms with E-state index >= 15 is 0 Å². The average molecular weight is 498 g/mol. The van der Waals surface area contributed by atoms with Crippen molar-refractivity contribution in [2.45, 2.75) is 58.1 Å². The molecule has 190 valence electrons. The van der Waals surface area contributed by atoms with Gasteiger partial charge in [-0.2, -0.15) is 0 Å². The van der Waals surface area contributed by atoms with Gasteiger partial charge in [-0.3, -0.25) is 5.32 Å². The lowest BCUT2D eigenvalue weighted by molar-refractivity contribution is 0.108. The van der Waals surface area contributed by atoms with Gasteiger partial charge in [0.1, 0.15) is 11.9 Å². The second-order valence-electron chi connectivity index (χ2n) is 10.1. The number of nitrogen functional groups attached to an aromatic ring is 1. The molecule has 0 spiro atoms. The Morgan fingerprint density at radius 2 is 1.89 bits per heavy atom. The summed E-state index contributed by atoms with van der Waals surface area (Å²) in [4.78, 5) is 20.8. The van der Waals surface area contributed by atoms with Crippen molar-refractivity contribution in [2.75, 3.05) is 11.1 Å². The van der Waals surface area contributed by atoms with Crippen LogP contribution in [0.3, 0.4) is 0 Å². The van der Waals surface area contributed by atoms with Crippen LogP contribution in [0.5, 0.6) is 11.8 Å². The van der Waals surface area contributed by atoms with Gasteiger partial charge in [-0.25, -0.2) is 14.8 Å². The number of anilines is 2. The molecular weight excluding hydrogens is 466 g/mol. The van der Waals surface area contributed by atoms with Crippen molar-refractivity contribution in [1.29, 1.82) is 0 Å². The molecule has 0 aliphatic heterocycles. The van der Waals surface area contributed by atoms with E-state index in [9.17, 15) is 4.79 Å². The van der Waals surface area contributed by atoms with E-state index < -0.39 is 6.09 Å². The lowest BCUT2D eigenvalue weighted by atomic mass is 9.92. The number of amides is 1. The number of rotatable bonds is 7. The molecule has 3 N–H and O–H groups in total. The minimum atomic E-state index is -0.416. The van der Waals surface area contributed by atoms with Gasteiger partial charge >= 0.3 is 12.1 Å². The Morgan fingerprint density at radius 3 is 2.57 bits per heavy atom. The average Bonchev–Trinajstić information content (AvgIpc) is 3.65. The van der Waals surface area contributed by atoms with E-state index in [2.05, 4.69) is 25.9 Å². The largest absolute Gasteiger partial charge is 0.446 e. The van der Waals surface area contributed by atoms with E-state index in [1.807, 2.05) is 56.3 Å². The van der Waals surface area contributed by atoms with Crippen molar-refractivity contribution >= 4 is 28.4 Å². The summed E-state index contributed by atoms with van der Waals surface area (Å²) in [6.07, 6.45) is 6.93. The van der Waals surface area contributed by atoms with Gasteiger partial charge in [0.15, 0.2) is 0 Å². The molecule has 0 saturated heterocycles. The summed E-state index contributed by atoms with van der Waals surface area (Å²) in [5.41, 5.74) is 12.1. The summed E-state index contributed by atoms with van der Waals surface area (Å²) in [7, 11) is 0. The Morgan fingerprint density at radius 1 is 1.11 bits per heavy atom. The number of nitrogens with two attached hydrogens (primary N) is 1. The Hall–Kier alpha value is -4.07. The van der Waals surface area contributed by atoms with E-state index in [-0.39, 0.29) is 6.10 Å². The van der Waals surface area contributed by atoms with E-state index in [4.69, 9.17) is 15.2 Å². The number of hydrogen-bond acceptors (Lipinski definition) is 6. The van der Waals surface area contributed by atoms with Gasteiger partial charge in [0.25, 0.3) is 0 Å². The van der Waals surface area contributed by atoms with Crippen molar-refractivity contribution in [1.82, 2.24) is 14.5 Å². The number of nitrogens with one attached hydrogen (secondary N) is 1. The Balaban J connectivity index is 1.30. The maximum Gasteiger partial charge on any atom is 0.411 e. The third-order valence-corrected chi connectivity index (χ3v) is 7.42. The SMILES string of the molecule is Cc1ccnc(Oc2ccc3c(c2)c(N)c(-c2ccc(NC(=O)O[C@H](C)C4CC4)cc2)n3C2CCC2)n1. The van der Waals surface area contributed by atoms with Crippen LogP contribution in [-0.4, -0.2) is 26.7 Å². The van der Waals surface area contributed by atoms with E-state index in [1.165, 1.54) is 6.42 Å². The molecule has 1 atom stereocenters. The lowest BCUT2D eigenvalue weighted by Crippen LogP contribution is -2.21. The highest BCUT2D eigenvalue weighted by Crippen LogP contribution is 2.45. The smallest absolute Gasteiger partial charge is 0.411 e. The van der Waals surface area contributed by atoms with Gasteiger partial charge in [0.2, 0.25) is 0 Å². The summed E-state index contributed by atoms with van der Waals surface area (Å²) in [5.74, 6) is 1.14. The number of aryl methyl sites for hydroxylation is 1. The summed E-state index contributed by atoms with van der Waals surface area (Å²) in [5, 5.41) is 3.78. The Bertz CT molecular complexity index is 1450. The second-order valence-corrected chi connectivity index (χ2v) is 10.1. The summed E-state index contributed by atoms with van der Waals surface area (Å²) in [6, 6.07) is 16.3. The van der Waals surface area contributed by atoms with Crippen molar-refractivity contribution in [3.8, 4) is 23.0 Å². The number of benzene rings is 2. The normalized spacial score (nSPS) is 16.3. The maximum atomic E-state index is 12.3. The van der Waals surface area contributed by atoms with Crippen LogP contribution in [0, 0.1) is 12.8 Å². The minimum absolute atomic E-state index is 0.0522. The van der Waals surface area contributed by atoms with Crippen LogP contribution < -0.4 is 15.8 Å². The van der Waals surface area contributed by atoms with Crippen LogP contribution in [0.1, 0.15) is 50.8 Å². The molecule has 0 radical (unpaired) electrons. The quantitative estimate of drug-likeness (QED) is 0.289. The molecule has 2 aromatic heterocycles. The van der Waals surface area contributed by atoms with Gasteiger partial charge < -0.3 is 19.8 Å².